The lowest BCUT2D eigenvalue weighted by Crippen LogP contribution is -2.49. The number of amides is 2. The molecule has 47 heavy (non-hydrogen) atoms. The highest BCUT2D eigenvalue weighted by Gasteiger charge is 2.44. The van der Waals surface area contributed by atoms with Gasteiger partial charge < -0.3 is 14.4 Å². The molecule has 0 radical (unpaired) electrons. The van der Waals surface area contributed by atoms with Crippen LogP contribution in [0.5, 0.6) is 5.75 Å². The van der Waals surface area contributed by atoms with Crippen LogP contribution in [0.3, 0.4) is 0 Å². The first-order valence-electron chi connectivity index (χ1n) is 16.6. The van der Waals surface area contributed by atoms with Crippen molar-refractivity contribution in [2.45, 2.75) is 76.1 Å². The van der Waals surface area contributed by atoms with Gasteiger partial charge in [0.15, 0.2) is 0 Å². The number of aryl methyl sites for hydroxylation is 1. The van der Waals surface area contributed by atoms with Crippen LogP contribution in [-0.4, -0.2) is 54.2 Å². The van der Waals surface area contributed by atoms with E-state index >= 15 is 0 Å². The van der Waals surface area contributed by atoms with Crippen LogP contribution in [0, 0.1) is 17.8 Å². The van der Waals surface area contributed by atoms with E-state index in [0.29, 0.717) is 37.2 Å². The normalized spacial score (nSPS) is 24.9. The zero-order valence-corrected chi connectivity index (χ0v) is 29.6. The van der Waals surface area contributed by atoms with E-state index in [1.54, 1.807) is 26.2 Å². The number of carbonyl (C=O) groups is 2. The van der Waals surface area contributed by atoms with Gasteiger partial charge in [-0.2, -0.15) is 0 Å². The van der Waals surface area contributed by atoms with Gasteiger partial charge in [0, 0.05) is 43.1 Å². The summed E-state index contributed by atoms with van der Waals surface area (Å²) in [4.78, 5) is 28.3. The molecule has 1 unspecified atom stereocenters. The molecule has 1 aliphatic heterocycles. The first-order valence-corrected chi connectivity index (χ1v) is 18.5. The third-order valence-corrected chi connectivity index (χ3v) is 13.2. The van der Waals surface area contributed by atoms with Crippen LogP contribution < -0.4 is 14.4 Å². The Labute approximate surface area is 285 Å². The number of halogens is 1. The topological polar surface area (TPSA) is 97.3 Å². The minimum atomic E-state index is -3.42. The standard InChI is InChI=1S/C37H48ClN3O5S/c1-7-10-24(3)25(4)47(44,39-26(5)42)40-36(43)28-13-17-35-33(20-28)41(21-29-12-15-31(29)34(8-2)45-6)22-37(23-46-35)18-9-11-27-19-30(38)14-16-32(27)37/h7-8,13-14,16-17,19-20,24-25,29,31,34H,1-2,9-12,15,18,21-23H2,3-6H3,(H,39,40,42,43,44)/t24-,25+,29-,31+,34-,37-,47?/m0/s1. The second-order valence-corrected chi connectivity index (χ2v) is 16.3. The number of methoxy groups -OCH3 is 1. The van der Waals surface area contributed by atoms with Crippen molar-refractivity contribution in [2.24, 2.45) is 22.1 Å². The maximum Gasteiger partial charge on any atom is 0.286 e. The van der Waals surface area contributed by atoms with E-state index in [9.17, 15) is 13.8 Å². The number of hydrogen-bond acceptors (Lipinski definition) is 6. The lowest BCUT2D eigenvalue weighted by Gasteiger charge is -2.46. The van der Waals surface area contributed by atoms with Crippen molar-refractivity contribution >= 4 is 39.0 Å². The number of anilines is 1. The van der Waals surface area contributed by atoms with Crippen LogP contribution in [0.4, 0.5) is 5.69 Å². The van der Waals surface area contributed by atoms with Gasteiger partial charge in [-0.1, -0.05) is 36.7 Å². The Hall–Kier alpha value is -3.14. The molecule has 1 N–H and O–H groups in total. The average molecular weight is 682 g/mol. The molecule has 0 aromatic heterocycles. The van der Waals surface area contributed by atoms with Gasteiger partial charge in [0.2, 0.25) is 5.91 Å². The number of fused-ring (bicyclic) bond motifs is 3. The summed E-state index contributed by atoms with van der Waals surface area (Å²) in [6, 6.07) is 11.5. The van der Waals surface area contributed by atoms with Crippen molar-refractivity contribution in [2.75, 3.05) is 31.7 Å². The molecule has 0 bridgehead atoms. The molecule has 254 valence electrons. The van der Waals surface area contributed by atoms with Crippen molar-refractivity contribution in [3.8, 4) is 5.75 Å². The summed E-state index contributed by atoms with van der Waals surface area (Å²) in [5, 5.41) is 0.154. The fraction of sp³-hybridized carbons (Fsp3) is 0.514. The molecule has 10 heteroatoms. The maximum atomic E-state index is 14.1. The molecule has 5 rings (SSSR count). The molecule has 2 aromatic rings. The van der Waals surface area contributed by atoms with E-state index in [2.05, 4.69) is 39.3 Å². The summed E-state index contributed by atoms with van der Waals surface area (Å²) in [6.07, 6.45) is 9.27. The summed E-state index contributed by atoms with van der Waals surface area (Å²) in [6.45, 7) is 14.7. The smallest absolute Gasteiger partial charge is 0.286 e. The molecular formula is C37H48ClN3O5S. The summed E-state index contributed by atoms with van der Waals surface area (Å²) in [5.74, 6) is 0.134. The number of allylic oxidation sites excluding steroid dienone is 1. The second-order valence-electron chi connectivity index (χ2n) is 13.6. The highest BCUT2D eigenvalue weighted by molar-refractivity contribution is 7.93. The second kappa shape index (κ2) is 14.5. The number of hydrogen-bond donors (Lipinski definition) is 1. The molecule has 1 spiro atoms. The zero-order chi connectivity index (χ0) is 33.9. The highest BCUT2D eigenvalue weighted by Crippen LogP contribution is 2.47. The van der Waals surface area contributed by atoms with Crippen LogP contribution in [0.25, 0.3) is 0 Å². The Morgan fingerprint density at radius 1 is 1.23 bits per heavy atom. The lowest BCUT2D eigenvalue weighted by atomic mass is 9.68. The van der Waals surface area contributed by atoms with Crippen molar-refractivity contribution < 1.29 is 23.3 Å². The SMILES string of the molecule is C=CC[C@H](C)[C@@H](C)S(=O)(=NC(=O)c1ccc2c(c1)N(C[C@@H]1CC[C@H]1[C@H](C=C)OC)C[C@@]1(CCCc3cc(Cl)ccc31)CO2)NC(C)=O. The average Bonchev–Trinajstić information content (AvgIpc) is 3.17. The van der Waals surface area contributed by atoms with Crippen molar-refractivity contribution in [3.63, 3.8) is 0 Å². The Balaban J connectivity index is 1.55. The van der Waals surface area contributed by atoms with Gasteiger partial charge in [-0.05, 0) is 105 Å². The predicted molar refractivity (Wildman–Crippen MR) is 190 cm³/mol. The molecule has 2 amide bonds. The maximum absolute atomic E-state index is 14.1. The minimum absolute atomic E-state index is 0.0259. The molecule has 8 nitrogen and oxygen atoms in total. The van der Waals surface area contributed by atoms with Crippen molar-refractivity contribution in [1.29, 1.82) is 0 Å². The number of nitrogens with zero attached hydrogens (tertiary/aromatic N) is 2. The monoisotopic (exact) mass is 681 g/mol. The molecule has 3 aliphatic rings. The van der Waals surface area contributed by atoms with Crippen LogP contribution in [0.1, 0.15) is 74.4 Å². The molecule has 1 fully saturated rings. The van der Waals surface area contributed by atoms with Gasteiger partial charge in [-0.3, -0.25) is 14.3 Å². The van der Waals surface area contributed by atoms with Crippen LogP contribution in [-0.2, 0) is 31.3 Å². The van der Waals surface area contributed by atoms with Crippen LogP contribution in [0.15, 0.2) is 66.1 Å². The van der Waals surface area contributed by atoms with Gasteiger partial charge >= 0.3 is 0 Å². The third-order valence-electron chi connectivity index (χ3n) is 10.5. The van der Waals surface area contributed by atoms with E-state index < -0.39 is 27.0 Å². The number of ether oxygens (including phenoxy) is 2. The first kappa shape index (κ1) is 35.2. The van der Waals surface area contributed by atoms with Gasteiger partial charge in [-0.15, -0.1) is 17.5 Å². The first-order chi connectivity index (χ1) is 22.4. The van der Waals surface area contributed by atoms with E-state index in [0.717, 1.165) is 49.4 Å². The van der Waals surface area contributed by atoms with E-state index in [-0.39, 0.29) is 23.0 Å². The molecule has 2 aromatic carbocycles. The number of benzene rings is 2. The molecular weight excluding hydrogens is 634 g/mol. The van der Waals surface area contributed by atoms with Crippen LogP contribution in [0.2, 0.25) is 5.02 Å². The fourth-order valence-electron chi connectivity index (χ4n) is 7.58. The summed E-state index contributed by atoms with van der Waals surface area (Å²) >= 11 is 6.43. The molecule has 1 heterocycles. The molecule has 0 saturated heterocycles. The molecule has 2 aliphatic carbocycles. The van der Waals surface area contributed by atoms with Crippen molar-refractivity contribution in [1.82, 2.24) is 4.72 Å². The van der Waals surface area contributed by atoms with Gasteiger partial charge in [0.1, 0.15) is 15.7 Å². The quantitative estimate of drug-likeness (QED) is 0.250. The van der Waals surface area contributed by atoms with E-state index in [4.69, 9.17) is 21.1 Å². The van der Waals surface area contributed by atoms with E-state index in [1.165, 1.54) is 18.1 Å². The van der Waals surface area contributed by atoms with Gasteiger partial charge in [0.05, 0.1) is 23.6 Å². The Kier molecular flexibility index (Phi) is 10.9. The minimum Gasteiger partial charge on any atom is -0.490 e. The highest BCUT2D eigenvalue weighted by atomic mass is 35.5. The lowest BCUT2D eigenvalue weighted by molar-refractivity contribution is -0.117. The molecule has 1 saturated carbocycles. The number of rotatable bonds is 11. The number of nitrogens with one attached hydrogen (secondary N) is 1. The fourth-order valence-corrected chi connectivity index (χ4v) is 9.68. The Morgan fingerprint density at radius 3 is 2.68 bits per heavy atom. The van der Waals surface area contributed by atoms with Gasteiger partial charge in [0.25, 0.3) is 5.91 Å². The Bertz CT molecular complexity index is 1650. The largest absolute Gasteiger partial charge is 0.490 e. The predicted octanol–water partition coefficient (Wildman–Crippen LogP) is 7.30. The number of carbonyl (C=O) groups excluding carboxylic acids is 2. The summed E-state index contributed by atoms with van der Waals surface area (Å²) in [7, 11) is -1.69. The van der Waals surface area contributed by atoms with Gasteiger partial charge in [-0.25, -0.2) is 4.21 Å². The summed E-state index contributed by atoms with van der Waals surface area (Å²) in [5.41, 5.74) is 3.35. The molecule has 7 atom stereocenters. The van der Waals surface area contributed by atoms with Crippen LogP contribution >= 0.6 is 11.6 Å². The summed E-state index contributed by atoms with van der Waals surface area (Å²) < 4.78 is 33.2. The zero-order valence-electron chi connectivity index (χ0n) is 28.0. The van der Waals surface area contributed by atoms with Crippen molar-refractivity contribution in [3.05, 3.63) is 83.4 Å². The Morgan fingerprint density at radius 2 is 2.02 bits per heavy atom. The van der Waals surface area contributed by atoms with E-state index in [1.807, 2.05) is 31.2 Å². The third kappa shape index (κ3) is 7.32.